The number of hydrogen-bond acceptors (Lipinski definition) is 2. The van der Waals surface area contributed by atoms with Crippen LogP contribution in [-0.2, 0) is 4.79 Å². The van der Waals surface area contributed by atoms with Crippen molar-refractivity contribution in [2.75, 3.05) is 5.75 Å². The Hall–Kier alpha value is -1.02. The van der Waals surface area contributed by atoms with Crippen LogP contribution in [0.25, 0.3) is 5.57 Å². The Bertz CT molecular complexity index is 367. The number of carbonyl (C=O) groups is 1. The largest absolute Gasteiger partial charge is 0.294 e. The lowest BCUT2D eigenvalue weighted by Crippen LogP contribution is -2.16. The summed E-state index contributed by atoms with van der Waals surface area (Å²) in [6.07, 6.45) is 1.79. The van der Waals surface area contributed by atoms with Crippen LogP contribution in [0.4, 0.5) is 0 Å². The van der Waals surface area contributed by atoms with Gasteiger partial charge in [0, 0.05) is 5.75 Å². The van der Waals surface area contributed by atoms with E-state index in [1.54, 1.807) is 17.8 Å². The van der Waals surface area contributed by atoms with E-state index in [1.807, 2.05) is 25.1 Å². The Morgan fingerprint density at radius 1 is 1.29 bits per heavy atom. The predicted octanol–water partition coefficient (Wildman–Crippen LogP) is 2.77. The molecule has 1 heterocycles. The highest BCUT2D eigenvalue weighted by molar-refractivity contribution is 8.01. The van der Waals surface area contributed by atoms with Crippen LogP contribution in [0, 0.1) is 0 Å². The highest BCUT2D eigenvalue weighted by Crippen LogP contribution is 2.27. The maximum absolute atomic E-state index is 11.5. The Balaban J connectivity index is 2.29. The van der Waals surface area contributed by atoms with Crippen molar-refractivity contribution < 1.29 is 4.79 Å². The number of rotatable bonds is 1. The highest BCUT2D eigenvalue weighted by atomic mass is 32.2. The Kier molecular flexibility index (Phi) is 2.73. The van der Waals surface area contributed by atoms with Crippen molar-refractivity contribution in [2.24, 2.45) is 0 Å². The van der Waals surface area contributed by atoms with Crippen molar-refractivity contribution in [2.45, 2.75) is 12.2 Å². The van der Waals surface area contributed by atoms with Gasteiger partial charge in [0.05, 0.1) is 5.25 Å². The minimum absolute atomic E-state index is 0.127. The van der Waals surface area contributed by atoms with E-state index in [0.29, 0.717) is 0 Å². The highest BCUT2D eigenvalue weighted by Gasteiger charge is 2.18. The minimum atomic E-state index is 0.127. The smallest absolute Gasteiger partial charge is 0.168 e. The predicted molar refractivity (Wildman–Crippen MR) is 61.3 cm³/mol. The Morgan fingerprint density at radius 2 is 2.00 bits per heavy atom. The van der Waals surface area contributed by atoms with Crippen molar-refractivity contribution in [1.82, 2.24) is 0 Å². The molecule has 1 aliphatic rings. The molecule has 72 valence electrons. The first kappa shape index (κ1) is 9.53. The lowest BCUT2D eigenvalue weighted by Gasteiger charge is -2.16. The zero-order valence-corrected chi connectivity index (χ0v) is 8.88. The monoisotopic (exact) mass is 204 g/mol. The molecule has 1 aromatic carbocycles. The molecule has 0 aliphatic carbocycles. The summed E-state index contributed by atoms with van der Waals surface area (Å²) in [6, 6.07) is 10.1. The van der Waals surface area contributed by atoms with Crippen LogP contribution >= 0.6 is 11.8 Å². The summed E-state index contributed by atoms with van der Waals surface area (Å²) in [6.45, 7) is 1.96. The van der Waals surface area contributed by atoms with E-state index in [1.165, 1.54) is 5.56 Å². The van der Waals surface area contributed by atoms with Crippen LogP contribution < -0.4 is 0 Å². The molecule has 0 saturated heterocycles. The lowest BCUT2D eigenvalue weighted by molar-refractivity contribution is -0.113. The number of ketones is 1. The molecule has 1 nitrogen and oxygen atoms in total. The van der Waals surface area contributed by atoms with E-state index in [-0.39, 0.29) is 11.0 Å². The van der Waals surface area contributed by atoms with Crippen molar-refractivity contribution >= 4 is 23.1 Å². The third-order valence-electron chi connectivity index (χ3n) is 2.35. The van der Waals surface area contributed by atoms with E-state index >= 15 is 0 Å². The van der Waals surface area contributed by atoms with E-state index in [0.717, 1.165) is 11.3 Å². The first-order valence-corrected chi connectivity index (χ1v) is 5.73. The van der Waals surface area contributed by atoms with Gasteiger partial charge in [0.25, 0.3) is 0 Å². The molecule has 1 aromatic rings. The lowest BCUT2D eigenvalue weighted by atomic mass is 10.1. The van der Waals surface area contributed by atoms with Crippen LogP contribution in [0.1, 0.15) is 12.5 Å². The first-order chi connectivity index (χ1) is 6.77. The Morgan fingerprint density at radius 3 is 2.64 bits per heavy atom. The van der Waals surface area contributed by atoms with Crippen molar-refractivity contribution in [3.05, 3.63) is 42.0 Å². The second-order valence-corrected chi connectivity index (χ2v) is 4.72. The molecule has 0 amide bonds. The molecule has 14 heavy (non-hydrogen) atoms. The first-order valence-electron chi connectivity index (χ1n) is 4.69. The summed E-state index contributed by atoms with van der Waals surface area (Å²) in [5.41, 5.74) is 2.32. The van der Waals surface area contributed by atoms with Gasteiger partial charge in [-0.15, -0.1) is 11.8 Å². The van der Waals surface area contributed by atoms with E-state index < -0.39 is 0 Å². The van der Waals surface area contributed by atoms with E-state index in [2.05, 4.69) is 12.1 Å². The normalized spacial score (nSPS) is 21.9. The number of hydrogen-bond donors (Lipinski definition) is 0. The molecule has 0 spiro atoms. The van der Waals surface area contributed by atoms with Gasteiger partial charge in [-0.3, -0.25) is 4.79 Å². The summed E-state index contributed by atoms with van der Waals surface area (Å²) in [7, 11) is 0. The van der Waals surface area contributed by atoms with E-state index in [4.69, 9.17) is 0 Å². The second-order valence-electron chi connectivity index (χ2n) is 3.39. The van der Waals surface area contributed by atoms with Gasteiger partial charge in [0.1, 0.15) is 0 Å². The molecule has 1 atom stereocenters. The molecule has 1 unspecified atom stereocenters. The topological polar surface area (TPSA) is 17.1 Å². The number of allylic oxidation sites excluding steroid dienone is 1. The standard InChI is InChI=1S/C12H12OS/c1-9-12(13)7-11(8-14-9)10-5-3-2-4-6-10/h2-7,9H,8H2,1H3. The van der Waals surface area contributed by atoms with Crippen molar-refractivity contribution in [3.8, 4) is 0 Å². The molecule has 2 heteroatoms. The molecule has 0 saturated carbocycles. The number of benzene rings is 1. The van der Waals surface area contributed by atoms with Gasteiger partial charge in [0.15, 0.2) is 5.78 Å². The fraction of sp³-hybridized carbons (Fsp3) is 0.250. The van der Waals surface area contributed by atoms with Gasteiger partial charge in [0.2, 0.25) is 0 Å². The van der Waals surface area contributed by atoms with Crippen LogP contribution in [-0.4, -0.2) is 16.8 Å². The average Bonchev–Trinajstić information content (AvgIpc) is 2.23. The van der Waals surface area contributed by atoms with Gasteiger partial charge in [-0.25, -0.2) is 0 Å². The summed E-state index contributed by atoms with van der Waals surface area (Å²) < 4.78 is 0. The molecule has 0 aromatic heterocycles. The fourth-order valence-corrected chi connectivity index (χ4v) is 2.36. The third kappa shape index (κ3) is 1.90. The van der Waals surface area contributed by atoms with Gasteiger partial charge < -0.3 is 0 Å². The van der Waals surface area contributed by atoms with Crippen LogP contribution in [0.5, 0.6) is 0 Å². The number of carbonyl (C=O) groups excluding carboxylic acids is 1. The summed E-state index contributed by atoms with van der Waals surface area (Å²) in [5, 5.41) is 0.127. The average molecular weight is 204 g/mol. The second kappa shape index (κ2) is 4.01. The summed E-state index contributed by atoms with van der Waals surface area (Å²) in [5.74, 6) is 1.18. The zero-order valence-electron chi connectivity index (χ0n) is 8.07. The number of thioether (sulfide) groups is 1. The summed E-state index contributed by atoms with van der Waals surface area (Å²) in [4.78, 5) is 11.5. The molecule has 0 bridgehead atoms. The summed E-state index contributed by atoms with van der Waals surface area (Å²) >= 11 is 1.71. The molecule has 0 fully saturated rings. The minimum Gasteiger partial charge on any atom is -0.294 e. The SMILES string of the molecule is CC1SCC(c2ccccc2)=CC1=O. The fourth-order valence-electron chi connectivity index (χ4n) is 1.45. The van der Waals surface area contributed by atoms with Crippen molar-refractivity contribution in [3.63, 3.8) is 0 Å². The maximum atomic E-state index is 11.5. The molecule has 1 aliphatic heterocycles. The molecular weight excluding hydrogens is 192 g/mol. The molecular formula is C12H12OS. The molecule has 2 rings (SSSR count). The van der Waals surface area contributed by atoms with Crippen molar-refractivity contribution in [1.29, 1.82) is 0 Å². The maximum Gasteiger partial charge on any atom is 0.168 e. The van der Waals surface area contributed by atoms with Crippen LogP contribution in [0.3, 0.4) is 0 Å². The van der Waals surface area contributed by atoms with Gasteiger partial charge in [-0.2, -0.15) is 0 Å². The van der Waals surface area contributed by atoms with Gasteiger partial charge in [-0.05, 0) is 24.1 Å². The molecule has 0 radical (unpaired) electrons. The Labute approximate surface area is 88.2 Å². The zero-order chi connectivity index (χ0) is 9.97. The third-order valence-corrected chi connectivity index (χ3v) is 3.56. The van der Waals surface area contributed by atoms with Gasteiger partial charge >= 0.3 is 0 Å². The van der Waals surface area contributed by atoms with Crippen LogP contribution in [0.2, 0.25) is 0 Å². The van der Waals surface area contributed by atoms with E-state index in [9.17, 15) is 4.79 Å². The quantitative estimate of drug-likeness (QED) is 0.699. The van der Waals surface area contributed by atoms with Gasteiger partial charge in [-0.1, -0.05) is 30.3 Å². The molecule has 0 N–H and O–H groups in total. The van der Waals surface area contributed by atoms with Crippen LogP contribution in [0.15, 0.2) is 36.4 Å².